The second-order valence-electron chi connectivity index (χ2n) is 11.1. The van der Waals surface area contributed by atoms with E-state index in [9.17, 15) is 5.11 Å². The van der Waals surface area contributed by atoms with Gasteiger partial charge in [-0.05, 0) is 61.9 Å². The highest BCUT2D eigenvalue weighted by atomic mass is 35.5. The molecule has 8 rings (SSSR count). The van der Waals surface area contributed by atoms with Gasteiger partial charge in [-0.3, -0.25) is 4.98 Å². The zero-order chi connectivity index (χ0) is 26.1. The third-order valence-corrected chi connectivity index (χ3v) is 8.98. The largest absolute Gasteiger partial charge is 0.386 e. The summed E-state index contributed by atoms with van der Waals surface area (Å²) in [5, 5.41) is 17.6. The molecule has 5 aromatic rings. The van der Waals surface area contributed by atoms with Gasteiger partial charge in [0.15, 0.2) is 5.82 Å². The van der Waals surface area contributed by atoms with E-state index in [1.54, 1.807) is 6.20 Å². The van der Waals surface area contributed by atoms with Crippen molar-refractivity contribution in [3.63, 3.8) is 0 Å². The Hall–Kier alpha value is -3.59. The number of anilines is 1. The lowest BCUT2D eigenvalue weighted by Crippen LogP contribution is -2.56. The molecule has 3 fully saturated rings. The molecule has 0 bridgehead atoms. The van der Waals surface area contributed by atoms with Gasteiger partial charge in [0.2, 0.25) is 0 Å². The van der Waals surface area contributed by atoms with Gasteiger partial charge in [-0.15, -0.1) is 0 Å². The van der Waals surface area contributed by atoms with Crippen LogP contribution in [0.15, 0.2) is 55.0 Å². The van der Waals surface area contributed by atoms with Crippen LogP contribution in [-0.2, 0) is 0 Å². The van der Waals surface area contributed by atoms with Crippen LogP contribution in [0.1, 0.15) is 37.2 Å². The monoisotopic (exact) mass is 537 g/mol. The fourth-order valence-corrected chi connectivity index (χ4v) is 6.76. The van der Waals surface area contributed by atoms with Crippen LogP contribution >= 0.6 is 11.6 Å². The SMILES string of the molecule is O[C@]12CCN(c3nc(-c4ccnc5[nH]c(-c6ccccc6Cl)cc45)nc4cncc(C5CC5)c34)[C@H]1CCNC2. The highest BCUT2D eigenvalue weighted by Gasteiger charge is 2.48. The van der Waals surface area contributed by atoms with E-state index in [4.69, 9.17) is 21.6 Å². The van der Waals surface area contributed by atoms with Crippen LogP contribution in [0.3, 0.4) is 0 Å². The van der Waals surface area contributed by atoms with Gasteiger partial charge in [0.1, 0.15) is 11.5 Å². The maximum atomic E-state index is 11.5. The van der Waals surface area contributed by atoms with E-state index in [2.05, 4.69) is 31.2 Å². The van der Waals surface area contributed by atoms with Gasteiger partial charge < -0.3 is 20.3 Å². The van der Waals surface area contributed by atoms with Crippen molar-refractivity contribution in [1.82, 2.24) is 30.2 Å². The average molecular weight is 538 g/mol. The lowest BCUT2D eigenvalue weighted by Gasteiger charge is -2.39. The maximum Gasteiger partial charge on any atom is 0.163 e. The van der Waals surface area contributed by atoms with Crippen molar-refractivity contribution >= 4 is 39.4 Å². The predicted octanol–water partition coefficient (Wildman–Crippen LogP) is 5.07. The van der Waals surface area contributed by atoms with E-state index in [1.807, 2.05) is 42.7 Å². The zero-order valence-electron chi connectivity index (χ0n) is 21.4. The number of aliphatic hydroxyl groups is 1. The summed E-state index contributed by atoms with van der Waals surface area (Å²) in [6.07, 6.45) is 9.55. The van der Waals surface area contributed by atoms with Crippen LogP contribution in [0.4, 0.5) is 5.82 Å². The molecule has 39 heavy (non-hydrogen) atoms. The zero-order valence-corrected chi connectivity index (χ0v) is 22.1. The molecule has 9 heteroatoms. The molecular weight excluding hydrogens is 510 g/mol. The van der Waals surface area contributed by atoms with E-state index in [1.165, 1.54) is 18.4 Å². The molecule has 2 aliphatic heterocycles. The minimum atomic E-state index is -0.753. The van der Waals surface area contributed by atoms with Crippen molar-refractivity contribution in [2.75, 3.05) is 24.5 Å². The molecule has 0 spiro atoms. The molecule has 2 saturated heterocycles. The number of halogens is 1. The van der Waals surface area contributed by atoms with Crippen molar-refractivity contribution in [3.05, 3.63) is 65.6 Å². The number of β-amino-alcohol motifs (C(OH)–C–C–N with tert-alkyl or cyclic N) is 1. The number of benzene rings is 1. The lowest BCUT2D eigenvalue weighted by molar-refractivity contribution is 0.0159. The van der Waals surface area contributed by atoms with Crippen molar-refractivity contribution in [2.45, 2.75) is 43.2 Å². The molecular formula is C30H28ClN7O. The van der Waals surface area contributed by atoms with Crippen molar-refractivity contribution in [3.8, 4) is 22.6 Å². The summed E-state index contributed by atoms with van der Waals surface area (Å²) in [6, 6.07) is 11.8. The van der Waals surface area contributed by atoms with Crippen molar-refractivity contribution in [2.24, 2.45) is 0 Å². The molecule has 0 unspecified atom stereocenters. The molecule has 3 aliphatic rings. The summed E-state index contributed by atoms with van der Waals surface area (Å²) >= 11 is 6.51. The summed E-state index contributed by atoms with van der Waals surface area (Å²) in [6.45, 7) is 2.25. The Morgan fingerprint density at radius 3 is 2.82 bits per heavy atom. The fourth-order valence-electron chi connectivity index (χ4n) is 6.52. The highest BCUT2D eigenvalue weighted by Crippen LogP contribution is 2.47. The number of rotatable bonds is 4. The van der Waals surface area contributed by atoms with Gasteiger partial charge in [0.25, 0.3) is 0 Å². The number of H-pyrrole nitrogens is 1. The average Bonchev–Trinajstić information content (AvgIpc) is 3.61. The number of nitrogens with zero attached hydrogens (tertiary/aromatic N) is 5. The normalized spacial score (nSPS) is 23.0. The first kappa shape index (κ1) is 23.3. The van der Waals surface area contributed by atoms with E-state index in [0.717, 1.165) is 64.1 Å². The number of aromatic nitrogens is 5. The number of aromatic amines is 1. The molecule has 1 aromatic carbocycles. The van der Waals surface area contributed by atoms with Gasteiger partial charge in [-0.1, -0.05) is 29.8 Å². The Balaban J connectivity index is 1.33. The summed E-state index contributed by atoms with van der Waals surface area (Å²) in [7, 11) is 0. The number of piperidine rings is 1. The van der Waals surface area contributed by atoms with Crippen LogP contribution in [-0.4, -0.2) is 61.3 Å². The minimum absolute atomic E-state index is 0.0152. The lowest BCUT2D eigenvalue weighted by atomic mass is 9.89. The second-order valence-corrected chi connectivity index (χ2v) is 11.5. The minimum Gasteiger partial charge on any atom is -0.386 e. The number of hydrogen-bond donors (Lipinski definition) is 3. The summed E-state index contributed by atoms with van der Waals surface area (Å²) in [4.78, 5) is 25.3. The van der Waals surface area contributed by atoms with E-state index in [0.29, 0.717) is 29.7 Å². The Bertz CT molecular complexity index is 1750. The number of fused-ring (bicyclic) bond motifs is 3. The summed E-state index contributed by atoms with van der Waals surface area (Å²) < 4.78 is 0. The first-order chi connectivity index (χ1) is 19.1. The van der Waals surface area contributed by atoms with E-state index < -0.39 is 5.60 Å². The smallest absolute Gasteiger partial charge is 0.163 e. The third-order valence-electron chi connectivity index (χ3n) is 8.65. The van der Waals surface area contributed by atoms with Gasteiger partial charge in [0, 0.05) is 58.1 Å². The third kappa shape index (κ3) is 3.73. The molecule has 1 saturated carbocycles. The highest BCUT2D eigenvalue weighted by molar-refractivity contribution is 6.33. The predicted molar refractivity (Wildman–Crippen MR) is 153 cm³/mol. The van der Waals surface area contributed by atoms with Gasteiger partial charge in [-0.2, -0.15) is 0 Å². The van der Waals surface area contributed by atoms with E-state index >= 15 is 0 Å². The van der Waals surface area contributed by atoms with Crippen molar-refractivity contribution in [1.29, 1.82) is 0 Å². The van der Waals surface area contributed by atoms with Crippen LogP contribution in [0.2, 0.25) is 5.02 Å². The molecule has 6 heterocycles. The molecule has 2 atom stereocenters. The Kier molecular flexibility index (Phi) is 5.21. The number of hydrogen-bond acceptors (Lipinski definition) is 7. The first-order valence-corrected chi connectivity index (χ1v) is 14.1. The maximum absolute atomic E-state index is 11.5. The molecule has 8 nitrogen and oxygen atoms in total. The molecule has 4 aromatic heterocycles. The Labute approximate surface area is 230 Å². The quantitative estimate of drug-likeness (QED) is 0.294. The summed E-state index contributed by atoms with van der Waals surface area (Å²) in [5.41, 5.74) is 4.78. The van der Waals surface area contributed by atoms with Gasteiger partial charge in [-0.25, -0.2) is 15.0 Å². The molecule has 196 valence electrons. The van der Waals surface area contributed by atoms with Gasteiger partial charge in [0.05, 0.1) is 23.4 Å². The van der Waals surface area contributed by atoms with E-state index in [-0.39, 0.29) is 6.04 Å². The number of nitrogens with one attached hydrogen (secondary N) is 2. The van der Waals surface area contributed by atoms with Crippen LogP contribution in [0, 0.1) is 0 Å². The Morgan fingerprint density at radius 2 is 1.95 bits per heavy atom. The standard InChI is InChI=1S/C30H28ClN7O/c31-22-4-2-1-3-19(22)23-13-20-18(7-11-34-27(20)35-23)28-36-24-15-33-14-21(17-5-6-17)26(24)29(37-28)38-12-9-30(39)16-32-10-8-25(30)38/h1-4,7,11,13-15,17,25,32,39H,5-6,8-10,12,16H2,(H,34,35)/t25-,30-/m0/s1. The number of pyridine rings is 2. The fraction of sp³-hybridized carbons (Fsp3) is 0.333. The molecule has 0 radical (unpaired) electrons. The summed E-state index contributed by atoms with van der Waals surface area (Å²) in [5.74, 6) is 2.04. The Morgan fingerprint density at radius 1 is 1.05 bits per heavy atom. The first-order valence-electron chi connectivity index (χ1n) is 13.7. The molecule has 3 N–H and O–H groups in total. The van der Waals surface area contributed by atoms with Gasteiger partial charge >= 0.3 is 0 Å². The van der Waals surface area contributed by atoms with Crippen molar-refractivity contribution < 1.29 is 5.11 Å². The van der Waals surface area contributed by atoms with Crippen LogP contribution in [0.25, 0.3) is 44.6 Å². The van der Waals surface area contributed by atoms with Crippen LogP contribution in [0.5, 0.6) is 0 Å². The second kappa shape index (κ2) is 8.71. The van der Waals surface area contributed by atoms with Crippen LogP contribution < -0.4 is 10.2 Å². The topological polar surface area (TPSA) is 103 Å². The molecule has 1 aliphatic carbocycles. The molecule has 0 amide bonds.